The van der Waals surface area contributed by atoms with Crippen LogP contribution >= 0.6 is 15.9 Å². The Labute approximate surface area is 141 Å². The van der Waals surface area contributed by atoms with Crippen molar-refractivity contribution in [2.75, 3.05) is 0 Å². The van der Waals surface area contributed by atoms with Gasteiger partial charge in [-0.1, -0.05) is 41.1 Å². The van der Waals surface area contributed by atoms with Gasteiger partial charge in [0.25, 0.3) is 0 Å². The number of rotatable bonds is 3. The van der Waals surface area contributed by atoms with Gasteiger partial charge in [-0.3, -0.25) is 9.59 Å². The van der Waals surface area contributed by atoms with Crippen LogP contribution in [0, 0.1) is 0 Å². The van der Waals surface area contributed by atoms with Crippen molar-refractivity contribution in [3.05, 3.63) is 63.8 Å². The Morgan fingerprint density at radius 2 is 2.04 bits per heavy atom. The number of carbonyl (C=O) groups excluding carboxylic acids is 2. The fraction of sp³-hybridized carbons (Fsp3) is 0.111. The molecule has 0 aliphatic carbocycles. The molecule has 0 saturated carbocycles. The maximum Gasteiger partial charge on any atom is 0.310 e. The Kier molecular flexibility index (Phi) is 4.30. The second-order valence-electron chi connectivity index (χ2n) is 4.95. The molecule has 0 fully saturated rings. The number of hydrogen-bond donors (Lipinski definition) is 0. The zero-order chi connectivity index (χ0) is 16.4. The molecule has 0 N–H and O–H groups in total. The second-order valence-corrected chi connectivity index (χ2v) is 5.80. The molecule has 116 valence electrons. The minimum absolute atomic E-state index is 0.191. The fourth-order valence-corrected chi connectivity index (χ4v) is 2.57. The first kappa shape index (κ1) is 15.5. The molecule has 1 heterocycles. The molecule has 4 nitrogen and oxygen atoms in total. The molecule has 3 rings (SSSR count). The van der Waals surface area contributed by atoms with Crippen LogP contribution in [-0.4, -0.2) is 11.8 Å². The van der Waals surface area contributed by atoms with Crippen molar-refractivity contribution >= 4 is 33.8 Å². The van der Waals surface area contributed by atoms with E-state index in [1.807, 2.05) is 24.3 Å². The van der Waals surface area contributed by atoms with Crippen LogP contribution in [-0.2, 0) is 4.79 Å². The molecule has 0 aromatic heterocycles. The summed E-state index contributed by atoms with van der Waals surface area (Å²) in [5.74, 6) is 0.480. The highest BCUT2D eigenvalue weighted by Crippen LogP contribution is 2.35. The van der Waals surface area contributed by atoms with Crippen molar-refractivity contribution in [2.24, 2.45) is 0 Å². The van der Waals surface area contributed by atoms with Crippen molar-refractivity contribution in [1.82, 2.24) is 0 Å². The zero-order valence-electron chi connectivity index (χ0n) is 12.3. The van der Waals surface area contributed by atoms with Crippen LogP contribution in [0.1, 0.15) is 29.3 Å². The average Bonchev–Trinajstić information content (AvgIpc) is 2.85. The van der Waals surface area contributed by atoms with E-state index < -0.39 is 0 Å². The van der Waals surface area contributed by atoms with E-state index in [0.29, 0.717) is 17.1 Å². The molecule has 0 amide bonds. The molecule has 23 heavy (non-hydrogen) atoms. The molecular formula is C18H13BrO4. The number of hydrogen-bond acceptors (Lipinski definition) is 4. The monoisotopic (exact) mass is 372 g/mol. The number of Topliss-reactive ketones (excluding diaryl/α,β-unsaturated/α-hetero) is 1. The summed E-state index contributed by atoms with van der Waals surface area (Å²) in [6, 6.07) is 12.3. The SMILES string of the molecule is CCC(=O)Oc1ccc2c(c1)OC(=Cc1ccccc1Br)C2=O. The summed E-state index contributed by atoms with van der Waals surface area (Å²) >= 11 is 3.44. The Balaban J connectivity index is 1.90. The first-order valence-electron chi connectivity index (χ1n) is 7.12. The highest BCUT2D eigenvalue weighted by Gasteiger charge is 2.28. The van der Waals surface area contributed by atoms with Crippen molar-refractivity contribution in [3.8, 4) is 11.5 Å². The maximum absolute atomic E-state index is 12.4. The smallest absolute Gasteiger partial charge is 0.310 e. The molecule has 0 bridgehead atoms. The second kappa shape index (κ2) is 6.38. The lowest BCUT2D eigenvalue weighted by Gasteiger charge is -2.04. The molecule has 2 aromatic carbocycles. The van der Waals surface area contributed by atoms with Crippen LogP contribution in [0.2, 0.25) is 0 Å². The molecule has 0 unspecified atom stereocenters. The van der Waals surface area contributed by atoms with E-state index >= 15 is 0 Å². The third-order valence-corrected chi connectivity index (χ3v) is 4.08. The summed E-state index contributed by atoms with van der Waals surface area (Å²) in [6.07, 6.45) is 1.97. The van der Waals surface area contributed by atoms with Crippen LogP contribution in [0.5, 0.6) is 11.5 Å². The van der Waals surface area contributed by atoms with E-state index in [0.717, 1.165) is 10.0 Å². The fourth-order valence-electron chi connectivity index (χ4n) is 2.17. The molecule has 1 aliphatic rings. The first-order valence-corrected chi connectivity index (χ1v) is 7.91. The van der Waals surface area contributed by atoms with Gasteiger partial charge < -0.3 is 9.47 Å². The van der Waals surface area contributed by atoms with Gasteiger partial charge in [-0.05, 0) is 29.8 Å². The lowest BCUT2D eigenvalue weighted by molar-refractivity contribution is -0.134. The summed E-state index contributed by atoms with van der Waals surface area (Å²) < 4.78 is 11.6. The van der Waals surface area contributed by atoms with Crippen molar-refractivity contribution in [2.45, 2.75) is 13.3 Å². The predicted octanol–water partition coefficient (Wildman–Crippen LogP) is 4.38. The minimum atomic E-state index is -0.335. The number of ketones is 1. The van der Waals surface area contributed by atoms with Crippen molar-refractivity contribution in [1.29, 1.82) is 0 Å². The number of carbonyl (C=O) groups is 2. The van der Waals surface area contributed by atoms with Crippen LogP contribution in [0.25, 0.3) is 6.08 Å². The van der Waals surface area contributed by atoms with Gasteiger partial charge in [0.05, 0.1) is 5.56 Å². The third-order valence-electron chi connectivity index (χ3n) is 3.35. The topological polar surface area (TPSA) is 52.6 Å². The molecular weight excluding hydrogens is 360 g/mol. The van der Waals surface area contributed by atoms with E-state index in [1.165, 1.54) is 0 Å². The van der Waals surface area contributed by atoms with E-state index in [2.05, 4.69) is 15.9 Å². The van der Waals surface area contributed by atoms with Gasteiger partial charge in [0, 0.05) is 17.0 Å². The summed E-state index contributed by atoms with van der Waals surface area (Å²) in [4.78, 5) is 23.7. The standard InChI is InChI=1S/C18H13BrO4/c1-2-17(20)22-12-7-8-13-15(10-12)23-16(18(13)21)9-11-5-3-4-6-14(11)19/h3-10H,2H2,1H3. The van der Waals surface area contributed by atoms with Crippen LogP contribution < -0.4 is 9.47 Å². The van der Waals surface area contributed by atoms with E-state index in [4.69, 9.17) is 9.47 Å². The number of ether oxygens (including phenoxy) is 2. The lowest BCUT2D eigenvalue weighted by atomic mass is 10.1. The van der Waals surface area contributed by atoms with Crippen LogP contribution in [0.4, 0.5) is 0 Å². The number of esters is 1. The van der Waals surface area contributed by atoms with Crippen LogP contribution in [0.15, 0.2) is 52.7 Å². The van der Waals surface area contributed by atoms with E-state index in [-0.39, 0.29) is 23.9 Å². The van der Waals surface area contributed by atoms with Gasteiger partial charge in [0.2, 0.25) is 5.78 Å². The Bertz CT molecular complexity index is 824. The van der Waals surface area contributed by atoms with Gasteiger partial charge in [0.15, 0.2) is 5.76 Å². The highest BCUT2D eigenvalue weighted by molar-refractivity contribution is 9.10. The maximum atomic E-state index is 12.4. The largest absolute Gasteiger partial charge is 0.452 e. The van der Waals surface area contributed by atoms with Gasteiger partial charge in [-0.15, -0.1) is 0 Å². The lowest BCUT2D eigenvalue weighted by Crippen LogP contribution is -2.05. The third kappa shape index (κ3) is 3.19. The average molecular weight is 373 g/mol. The summed E-state index contributed by atoms with van der Waals surface area (Å²) in [5.41, 5.74) is 1.31. The molecule has 1 aliphatic heterocycles. The number of fused-ring (bicyclic) bond motifs is 1. The Morgan fingerprint density at radius 3 is 2.78 bits per heavy atom. The van der Waals surface area contributed by atoms with Gasteiger partial charge in [-0.2, -0.15) is 0 Å². The normalized spacial score (nSPS) is 14.5. The highest BCUT2D eigenvalue weighted by atomic mass is 79.9. The molecule has 5 heteroatoms. The molecule has 0 saturated heterocycles. The molecule has 2 aromatic rings. The first-order chi connectivity index (χ1) is 11.1. The van der Waals surface area contributed by atoms with Gasteiger partial charge in [0.1, 0.15) is 11.5 Å². The Hall–Kier alpha value is -2.40. The summed E-state index contributed by atoms with van der Waals surface area (Å²) in [5, 5.41) is 0. The zero-order valence-corrected chi connectivity index (χ0v) is 13.9. The quantitative estimate of drug-likeness (QED) is 0.455. The summed E-state index contributed by atoms with van der Waals surface area (Å²) in [7, 11) is 0. The molecule has 0 radical (unpaired) electrons. The van der Waals surface area contributed by atoms with Crippen molar-refractivity contribution < 1.29 is 19.1 Å². The van der Waals surface area contributed by atoms with Crippen molar-refractivity contribution in [3.63, 3.8) is 0 Å². The van der Waals surface area contributed by atoms with Gasteiger partial charge in [-0.25, -0.2) is 0 Å². The van der Waals surface area contributed by atoms with E-state index in [1.54, 1.807) is 31.2 Å². The Morgan fingerprint density at radius 1 is 1.26 bits per heavy atom. The van der Waals surface area contributed by atoms with Crippen LogP contribution in [0.3, 0.4) is 0 Å². The minimum Gasteiger partial charge on any atom is -0.452 e. The number of halogens is 1. The van der Waals surface area contributed by atoms with E-state index in [9.17, 15) is 9.59 Å². The number of benzene rings is 2. The van der Waals surface area contributed by atoms with Gasteiger partial charge >= 0.3 is 5.97 Å². The molecule has 0 atom stereocenters. The summed E-state index contributed by atoms with van der Waals surface area (Å²) in [6.45, 7) is 1.72. The molecule has 0 spiro atoms. The number of allylic oxidation sites excluding steroid dienone is 1. The predicted molar refractivity (Wildman–Crippen MR) is 89.4 cm³/mol.